The molecule has 24 heavy (non-hydrogen) atoms. The molecule has 4 nitrogen and oxygen atoms in total. The fourth-order valence-electron chi connectivity index (χ4n) is 5.36. The summed E-state index contributed by atoms with van der Waals surface area (Å²) >= 11 is 0. The second-order valence-corrected chi connectivity index (χ2v) is 7.28. The summed E-state index contributed by atoms with van der Waals surface area (Å²) in [4.78, 5) is 25.0. The van der Waals surface area contributed by atoms with E-state index >= 15 is 0 Å². The molecule has 0 amide bonds. The average Bonchev–Trinajstić information content (AvgIpc) is 3.10. The van der Waals surface area contributed by atoms with Crippen molar-refractivity contribution in [2.24, 2.45) is 5.41 Å². The zero-order valence-corrected chi connectivity index (χ0v) is 13.8. The first kappa shape index (κ1) is 14.9. The third kappa shape index (κ3) is 1.18. The van der Waals surface area contributed by atoms with Crippen LogP contribution in [0.1, 0.15) is 41.7 Å². The lowest BCUT2D eigenvalue weighted by Gasteiger charge is -2.39. The zero-order valence-electron chi connectivity index (χ0n) is 13.8. The van der Waals surface area contributed by atoms with Gasteiger partial charge in [0.1, 0.15) is 0 Å². The lowest BCUT2D eigenvalue weighted by molar-refractivity contribution is -0.171. The van der Waals surface area contributed by atoms with Gasteiger partial charge in [0.25, 0.3) is 0 Å². The van der Waals surface area contributed by atoms with E-state index in [1.165, 1.54) is 0 Å². The van der Waals surface area contributed by atoms with Crippen LogP contribution in [-0.2, 0) is 20.4 Å². The Morgan fingerprint density at radius 2 is 1.33 bits per heavy atom. The lowest BCUT2D eigenvalue weighted by atomic mass is 9.59. The maximum atomic E-state index is 12.5. The molecule has 0 fully saturated rings. The first-order valence-electron chi connectivity index (χ1n) is 7.93. The topological polar surface area (TPSA) is 74.6 Å². The first-order chi connectivity index (χ1) is 11.3. The Hall–Kier alpha value is -2.62. The highest BCUT2D eigenvalue weighted by Crippen LogP contribution is 2.75. The second kappa shape index (κ2) is 4.07. The summed E-state index contributed by atoms with van der Waals surface area (Å²) in [5.74, 6) is -2.57. The molecular formula is C20H18O4. The number of aryl methyl sites for hydroxylation is 1. The number of rotatable bonds is 2. The van der Waals surface area contributed by atoms with Crippen molar-refractivity contribution in [2.45, 2.75) is 31.6 Å². The Kier molecular flexibility index (Phi) is 2.53. The minimum absolute atomic E-state index is 0.812. The molecule has 2 aliphatic rings. The number of carboxylic acid groups (broad SMARTS) is 2. The quantitative estimate of drug-likeness (QED) is 0.833. The molecular weight excluding hydrogens is 304 g/mol. The van der Waals surface area contributed by atoms with Crippen LogP contribution in [0.4, 0.5) is 0 Å². The molecule has 2 aliphatic carbocycles. The van der Waals surface area contributed by atoms with Gasteiger partial charge in [-0.3, -0.25) is 9.59 Å². The van der Waals surface area contributed by atoms with Gasteiger partial charge in [0.05, 0.1) is 5.41 Å². The Morgan fingerprint density at radius 1 is 0.833 bits per heavy atom. The number of hydrogen-bond acceptors (Lipinski definition) is 2. The smallest absolute Gasteiger partial charge is 0.323 e. The van der Waals surface area contributed by atoms with E-state index in [4.69, 9.17) is 0 Å². The van der Waals surface area contributed by atoms with E-state index in [0.717, 1.165) is 27.8 Å². The van der Waals surface area contributed by atoms with Crippen LogP contribution in [-0.4, -0.2) is 22.2 Å². The number of benzene rings is 2. The van der Waals surface area contributed by atoms with Gasteiger partial charge in [-0.15, -0.1) is 0 Å². The third-order valence-electron chi connectivity index (χ3n) is 6.12. The minimum atomic E-state index is -1.96. The summed E-state index contributed by atoms with van der Waals surface area (Å²) in [6.07, 6.45) is 0. The van der Waals surface area contributed by atoms with Crippen molar-refractivity contribution in [3.05, 3.63) is 70.3 Å². The molecule has 0 bridgehead atoms. The van der Waals surface area contributed by atoms with Gasteiger partial charge in [0, 0.05) is 5.41 Å². The molecule has 0 atom stereocenters. The van der Waals surface area contributed by atoms with E-state index in [0.29, 0.717) is 0 Å². The van der Waals surface area contributed by atoms with Crippen LogP contribution in [0.3, 0.4) is 0 Å². The van der Waals surface area contributed by atoms with Crippen molar-refractivity contribution in [2.75, 3.05) is 0 Å². The largest absolute Gasteiger partial charge is 0.480 e. The maximum Gasteiger partial charge on any atom is 0.323 e. The molecule has 122 valence electrons. The van der Waals surface area contributed by atoms with E-state index in [1.807, 2.05) is 49.4 Å². The molecule has 0 radical (unpaired) electrons. The Bertz CT molecular complexity index is 886. The van der Waals surface area contributed by atoms with Gasteiger partial charge in [-0.2, -0.15) is 0 Å². The minimum Gasteiger partial charge on any atom is -0.480 e. The Balaban J connectivity index is 2.22. The van der Waals surface area contributed by atoms with E-state index in [2.05, 4.69) is 0 Å². The summed E-state index contributed by atoms with van der Waals surface area (Å²) in [5.41, 5.74) is 0.115. The summed E-state index contributed by atoms with van der Waals surface area (Å²) in [6, 6.07) is 13.1. The molecule has 0 saturated heterocycles. The van der Waals surface area contributed by atoms with Crippen molar-refractivity contribution in [1.82, 2.24) is 0 Å². The van der Waals surface area contributed by atoms with Gasteiger partial charge >= 0.3 is 11.9 Å². The zero-order chi connectivity index (χ0) is 17.5. The number of hydrogen-bond donors (Lipinski definition) is 2. The van der Waals surface area contributed by atoms with Crippen molar-refractivity contribution in [3.8, 4) is 0 Å². The predicted octanol–water partition coefficient (Wildman–Crippen LogP) is 3.09. The van der Waals surface area contributed by atoms with Crippen LogP contribution in [0.2, 0.25) is 0 Å². The predicted molar refractivity (Wildman–Crippen MR) is 88.2 cm³/mol. The van der Waals surface area contributed by atoms with Gasteiger partial charge < -0.3 is 10.2 Å². The maximum absolute atomic E-state index is 12.5. The van der Waals surface area contributed by atoms with Gasteiger partial charge in [-0.05, 0) is 34.7 Å². The Morgan fingerprint density at radius 3 is 1.83 bits per heavy atom. The van der Waals surface area contributed by atoms with Crippen LogP contribution in [0.25, 0.3) is 0 Å². The van der Waals surface area contributed by atoms with Crippen LogP contribution in [0, 0.1) is 12.3 Å². The highest BCUT2D eigenvalue weighted by Gasteiger charge is 2.82. The molecule has 1 spiro atoms. The molecule has 2 aromatic rings. The SMILES string of the molecule is Cc1cccc2c1C(C)(C)C(C(=O)O)(C(=O)O)C21c2ccccc21. The fraction of sp³-hybridized carbons (Fsp3) is 0.300. The van der Waals surface area contributed by atoms with Crippen LogP contribution in [0.15, 0.2) is 42.5 Å². The molecule has 4 heteroatoms. The molecule has 0 aromatic heterocycles. The van der Waals surface area contributed by atoms with Gasteiger partial charge in [-0.1, -0.05) is 56.3 Å². The normalized spacial score (nSPS) is 20.3. The summed E-state index contributed by atoms with van der Waals surface area (Å²) in [7, 11) is 0. The Labute approximate surface area is 139 Å². The number of carbonyl (C=O) groups is 2. The summed E-state index contributed by atoms with van der Waals surface area (Å²) < 4.78 is 0. The summed E-state index contributed by atoms with van der Waals surface area (Å²) in [6.45, 7) is 5.41. The van der Waals surface area contributed by atoms with Crippen LogP contribution in [0.5, 0.6) is 0 Å². The third-order valence-corrected chi connectivity index (χ3v) is 6.12. The summed E-state index contributed by atoms with van der Waals surface area (Å²) in [5, 5.41) is 20.4. The highest BCUT2D eigenvalue weighted by molar-refractivity contribution is 6.08. The van der Waals surface area contributed by atoms with E-state index in [-0.39, 0.29) is 0 Å². The molecule has 0 aliphatic heterocycles. The van der Waals surface area contributed by atoms with Gasteiger partial charge in [0.15, 0.2) is 5.41 Å². The monoisotopic (exact) mass is 322 g/mol. The molecule has 2 N–H and O–H groups in total. The average molecular weight is 322 g/mol. The van der Waals surface area contributed by atoms with Crippen molar-refractivity contribution in [1.29, 1.82) is 0 Å². The molecule has 0 unspecified atom stereocenters. The van der Waals surface area contributed by atoms with E-state index in [1.54, 1.807) is 13.8 Å². The molecule has 2 aromatic carbocycles. The van der Waals surface area contributed by atoms with Crippen LogP contribution >= 0.6 is 0 Å². The van der Waals surface area contributed by atoms with E-state index in [9.17, 15) is 19.8 Å². The standard InChI is InChI=1S/C20H18O4/c1-11-7-6-10-14-15(11)18(2,3)20(16(21)22,17(23)24)19(14)12-8-4-5-9-13(12)19/h4-10H,1-3H3,(H,21,22)(H,23,24). The number of fused-ring (bicyclic) bond motifs is 5. The first-order valence-corrected chi connectivity index (χ1v) is 7.93. The van der Waals surface area contributed by atoms with Crippen molar-refractivity contribution >= 4 is 11.9 Å². The molecule has 0 saturated carbocycles. The lowest BCUT2D eigenvalue weighted by Crippen LogP contribution is -2.57. The second-order valence-electron chi connectivity index (χ2n) is 7.28. The molecule has 4 rings (SSSR count). The van der Waals surface area contributed by atoms with Crippen LogP contribution < -0.4 is 0 Å². The highest BCUT2D eigenvalue weighted by atomic mass is 16.4. The molecule has 0 heterocycles. The van der Waals surface area contributed by atoms with Crippen molar-refractivity contribution in [3.63, 3.8) is 0 Å². The van der Waals surface area contributed by atoms with E-state index < -0.39 is 28.2 Å². The van der Waals surface area contributed by atoms with Crippen molar-refractivity contribution < 1.29 is 19.8 Å². The van der Waals surface area contributed by atoms with Gasteiger partial charge in [0.2, 0.25) is 0 Å². The number of carboxylic acids is 2. The fourth-order valence-corrected chi connectivity index (χ4v) is 5.36. The number of aliphatic carboxylic acids is 2. The van der Waals surface area contributed by atoms with Gasteiger partial charge in [-0.25, -0.2) is 0 Å².